The minimum atomic E-state index is -3.46. The fourth-order valence-corrected chi connectivity index (χ4v) is 3.81. The highest BCUT2D eigenvalue weighted by molar-refractivity contribution is 7.89. The van der Waals surface area contributed by atoms with E-state index in [-0.39, 0.29) is 34.9 Å². The zero-order valence-corrected chi connectivity index (χ0v) is 16.1. The second-order valence-corrected chi connectivity index (χ2v) is 8.37. The van der Waals surface area contributed by atoms with Crippen LogP contribution < -0.4 is 15.4 Å². The first kappa shape index (κ1) is 20.1. The van der Waals surface area contributed by atoms with Crippen molar-refractivity contribution >= 4 is 21.8 Å². The molecule has 0 unspecified atom stereocenters. The Morgan fingerprint density at radius 2 is 1.82 bits per heavy atom. The van der Waals surface area contributed by atoms with Crippen LogP contribution in [0.25, 0.3) is 0 Å². The Kier molecular flexibility index (Phi) is 6.48. The lowest BCUT2D eigenvalue weighted by atomic mass is 10.2. The molecule has 3 N–H and O–H groups in total. The summed E-state index contributed by atoms with van der Waals surface area (Å²) in [4.78, 5) is 23.8. The molecule has 0 saturated heterocycles. The molecule has 1 aromatic carbocycles. The molecule has 1 heterocycles. The molecule has 1 saturated carbocycles. The van der Waals surface area contributed by atoms with Gasteiger partial charge in [0.1, 0.15) is 0 Å². The SMILES string of the molecule is O=C(CCCNC(=O)c1ccco1)NCc1ccc(S(=O)(=O)NC2CC2)cc1. The van der Waals surface area contributed by atoms with Gasteiger partial charge in [0.15, 0.2) is 5.76 Å². The Labute approximate surface area is 163 Å². The van der Waals surface area contributed by atoms with Gasteiger partial charge in [0.2, 0.25) is 15.9 Å². The number of nitrogens with one attached hydrogen (secondary N) is 3. The van der Waals surface area contributed by atoms with Crippen LogP contribution in [0.5, 0.6) is 0 Å². The summed E-state index contributed by atoms with van der Waals surface area (Å²) >= 11 is 0. The van der Waals surface area contributed by atoms with Gasteiger partial charge in [-0.25, -0.2) is 13.1 Å². The molecule has 9 heteroatoms. The largest absolute Gasteiger partial charge is 0.459 e. The zero-order valence-electron chi connectivity index (χ0n) is 15.3. The second kappa shape index (κ2) is 9.03. The first-order valence-corrected chi connectivity index (χ1v) is 10.6. The summed E-state index contributed by atoms with van der Waals surface area (Å²) in [6.45, 7) is 0.682. The van der Waals surface area contributed by atoms with Crippen LogP contribution in [0.4, 0.5) is 0 Å². The number of carbonyl (C=O) groups is 2. The van der Waals surface area contributed by atoms with Gasteiger partial charge in [-0.05, 0) is 49.1 Å². The van der Waals surface area contributed by atoms with E-state index in [4.69, 9.17) is 4.42 Å². The molecule has 1 aromatic heterocycles. The Morgan fingerprint density at radius 1 is 1.07 bits per heavy atom. The summed E-state index contributed by atoms with van der Waals surface area (Å²) in [6, 6.07) is 9.71. The van der Waals surface area contributed by atoms with Gasteiger partial charge in [-0.2, -0.15) is 0 Å². The van der Waals surface area contributed by atoms with E-state index in [2.05, 4.69) is 15.4 Å². The normalized spacial score (nSPS) is 13.9. The van der Waals surface area contributed by atoms with Crippen molar-refractivity contribution in [2.75, 3.05) is 6.54 Å². The van der Waals surface area contributed by atoms with Crippen molar-refractivity contribution in [3.8, 4) is 0 Å². The van der Waals surface area contributed by atoms with Gasteiger partial charge in [-0.3, -0.25) is 9.59 Å². The van der Waals surface area contributed by atoms with E-state index >= 15 is 0 Å². The lowest BCUT2D eigenvalue weighted by Gasteiger charge is -2.08. The van der Waals surface area contributed by atoms with Crippen molar-refractivity contribution in [1.29, 1.82) is 0 Å². The van der Waals surface area contributed by atoms with Crippen molar-refractivity contribution in [1.82, 2.24) is 15.4 Å². The molecule has 0 bridgehead atoms. The fraction of sp³-hybridized carbons (Fsp3) is 0.368. The number of benzene rings is 1. The van der Waals surface area contributed by atoms with Crippen LogP contribution in [0.2, 0.25) is 0 Å². The molecule has 0 aliphatic heterocycles. The number of amides is 2. The summed E-state index contributed by atoms with van der Waals surface area (Å²) in [5.74, 6) is -0.210. The number of hydrogen-bond acceptors (Lipinski definition) is 5. The highest BCUT2D eigenvalue weighted by atomic mass is 32.2. The smallest absolute Gasteiger partial charge is 0.286 e. The average molecular weight is 405 g/mol. The van der Waals surface area contributed by atoms with Gasteiger partial charge in [0.25, 0.3) is 5.91 Å². The Bertz CT molecular complexity index is 904. The zero-order chi connectivity index (χ0) is 20.0. The molecule has 150 valence electrons. The predicted molar refractivity (Wildman–Crippen MR) is 102 cm³/mol. The summed E-state index contributed by atoms with van der Waals surface area (Å²) < 4.78 is 31.8. The molecule has 3 rings (SSSR count). The molecular weight excluding hydrogens is 382 g/mol. The number of sulfonamides is 1. The fourth-order valence-electron chi connectivity index (χ4n) is 2.51. The summed E-state index contributed by atoms with van der Waals surface area (Å²) in [5.41, 5.74) is 0.810. The topological polar surface area (TPSA) is 118 Å². The Balaban J connectivity index is 1.35. The van der Waals surface area contributed by atoms with E-state index < -0.39 is 10.0 Å². The highest BCUT2D eigenvalue weighted by Gasteiger charge is 2.27. The summed E-state index contributed by atoms with van der Waals surface area (Å²) in [6.07, 6.45) is 3.97. The lowest BCUT2D eigenvalue weighted by Crippen LogP contribution is -2.27. The van der Waals surface area contributed by atoms with Gasteiger partial charge in [0, 0.05) is 25.6 Å². The second-order valence-electron chi connectivity index (χ2n) is 6.65. The summed E-state index contributed by atoms with van der Waals surface area (Å²) in [7, 11) is -3.46. The number of carbonyl (C=O) groups excluding carboxylic acids is 2. The quantitative estimate of drug-likeness (QED) is 0.519. The van der Waals surface area contributed by atoms with E-state index in [9.17, 15) is 18.0 Å². The third kappa shape index (κ3) is 5.93. The predicted octanol–water partition coefficient (Wildman–Crippen LogP) is 1.55. The first-order valence-electron chi connectivity index (χ1n) is 9.14. The van der Waals surface area contributed by atoms with Crippen LogP contribution >= 0.6 is 0 Å². The van der Waals surface area contributed by atoms with E-state index in [1.54, 1.807) is 24.3 Å². The Morgan fingerprint density at radius 3 is 2.46 bits per heavy atom. The monoisotopic (exact) mass is 405 g/mol. The maximum Gasteiger partial charge on any atom is 0.286 e. The van der Waals surface area contributed by atoms with E-state index in [0.29, 0.717) is 19.5 Å². The van der Waals surface area contributed by atoms with E-state index in [1.165, 1.54) is 18.4 Å². The molecule has 0 radical (unpaired) electrons. The molecule has 2 amide bonds. The van der Waals surface area contributed by atoms with Crippen LogP contribution in [0.3, 0.4) is 0 Å². The van der Waals surface area contributed by atoms with Crippen LogP contribution in [-0.2, 0) is 21.4 Å². The van der Waals surface area contributed by atoms with E-state index in [0.717, 1.165) is 18.4 Å². The molecular formula is C19H23N3O5S. The summed E-state index contributed by atoms with van der Waals surface area (Å²) in [5, 5.41) is 5.46. The molecule has 1 aliphatic rings. The molecule has 0 atom stereocenters. The molecule has 8 nitrogen and oxygen atoms in total. The van der Waals surface area contributed by atoms with Crippen LogP contribution in [0.1, 0.15) is 41.8 Å². The third-order valence-electron chi connectivity index (χ3n) is 4.23. The number of rotatable bonds is 10. The minimum Gasteiger partial charge on any atom is -0.459 e. The average Bonchev–Trinajstić information content (AvgIpc) is 3.30. The standard InChI is InChI=1S/C19H23N3O5S/c23-18(4-1-11-20-19(24)17-3-2-12-27-17)21-13-14-5-9-16(10-6-14)28(25,26)22-15-7-8-15/h2-3,5-6,9-10,12,15,22H,1,4,7-8,11,13H2,(H,20,24)(H,21,23). The lowest BCUT2D eigenvalue weighted by molar-refractivity contribution is -0.121. The highest BCUT2D eigenvalue weighted by Crippen LogP contribution is 2.22. The maximum atomic E-state index is 12.1. The van der Waals surface area contributed by atoms with Gasteiger partial charge in [-0.15, -0.1) is 0 Å². The van der Waals surface area contributed by atoms with Crippen molar-refractivity contribution in [3.63, 3.8) is 0 Å². The van der Waals surface area contributed by atoms with E-state index in [1.807, 2.05) is 0 Å². The maximum absolute atomic E-state index is 12.1. The molecule has 1 fully saturated rings. The molecule has 28 heavy (non-hydrogen) atoms. The van der Waals surface area contributed by atoms with Crippen molar-refractivity contribution in [3.05, 3.63) is 54.0 Å². The minimum absolute atomic E-state index is 0.0628. The van der Waals surface area contributed by atoms with Crippen molar-refractivity contribution in [2.24, 2.45) is 0 Å². The number of hydrogen-bond donors (Lipinski definition) is 3. The van der Waals surface area contributed by atoms with Crippen LogP contribution in [-0.4, -0.2) is 32.8 Å². The van der Waals surface area contributed by atoms with Crippen molar-refractivity contribution in [2.45, 2.75) is 43.2 Å². The molecule has 0 spiro atoms. The molecule has 1 aliphatic carbocycles. The number of furan rings is 1. The van der Waals surface area contributed by atoms with Crippen LogP contribution in [0, 0.1) is 0 Å². The third-order valence-corrected chi connectivity index (χ3v) is 5.77. The first-order chi connectivity index (χ1) is 13.4. The van der Waals surface area contributed by atoms with Crippen LogP contribution in [0.15, 0.2) is 52.0 Å². The van der Waals surface area contributed by atoms with Gasteiger partial charge in [-0.1, -0.05) is 12.1 Å². The Hall–Kier alpha value is -2.65. The van der Waals surface area contributed by atoms with Gasteiger partial charge in [0.05, 0.1) is 11.2 Å². The van der Waals surface area contributed by atoms with Gasteiger partial charge >= 0.3 is 0 Å². The van der Waals surface area contributed by atoms with Crippen molar-refractivity contribution < 1.29 is 22.4 Å². The van der Waals surface area contributed by atoms with Gasteiger partial charge < -0.3 is 15.1 Å². The molecule has 2 aromatic rings.